The number of rotatable bonds is 2. The molecule has 0 spiro atoms. The Kier molecular flexibility index (Phi) is 3.14. The number of nitrogens with zero attached hydrogens (tertiary/aromatic N) is 1. The van der Waals surface area contributed by atoms with Crippen LogP contribution in [0, 0.1) is 6.92 Å². The first-order chi connectivity index (χ1) is 8.02. The van der Waals surface area contributed by atoms with Crippen LogP contribution in [0.5, 0.6) is 0 Å². The van der Waals surface area contributed by atoms with Gasteiger partial charge in [0.25, 0.3) is 5.56 Å². The van der Waals surface area contributed by atoms with Gasteiger partial charge in [-0.15, -0.1) is 0 Å². The maximum atomic E-state index is 11.6. The van der Waals surface area contributed by atoms with Crippen molar-refractivity contribution in [3.8, 4) is 0 Å². The second-order valence-electron chi connectivity index (χ2n) is 4.09. The van der Waals surface area contributed by atoms with Crippen LogP contribution in [-0.4, -0.2) is 38.6 Å². The molecule has 1 saturated heterocycles. The Morgan fingerprint density at radius 2 is 2.29 bits per heavy atom. The highest BCUT2D eigenvalue weighted by Gasteiger charge is 2.34. The number of H-pyrrole nitrogens is 1. The third-order valence-electron chi connectivity index (χ3n) is 2.84. The number of hydrogen-bond donors (Lipinski definition) is 3. The summed E-state index contributed by atoms with van der Waals surface area (Å²) < 4.78 is 6.54. The van der Waals surface area contributed by atoms with Gasteiger partial charge in [-0.2, -0.15) is 0 Å². The Labute approximate surface area is 96.3 Å². The van der Waals surface area contributed by atoms with E-state index in [0.29, 0.717) is 5.56 Å². The van der Waals surface area contributed by atoms with Crippen LogP contribution < -0.4 is 11.2 Å². The van der Waals surface area contributed by atoms with E-state index in [2.05, 4.69) is 4.98 Å². The molecule has 94 valence electrons. The summed E-state index contributed by atoms with van der Waals surface area (Å²) in [6, 6.07) is 0. The van der Waals surface area contributed by atoms with E-state index in [-0.39, 0.29) is 13.0 Å². The monoisotopic (exact) mass is 241 g/mol. The molecule has 2 heterocycles. The summed E-state index contributed by atoms with van der Waals surface area (Å²) in [4.78, 5) is 24.9. The van der Waals surface area contributed by atoms with E-state index < -0.39 is 29.7 Å². The minimum absolute atomic E-state index is 0.205. The molecule has 3 N–H and O–H groups in total. The number of aliphatic hydroxyl groups is 2. The molecule has 0 saturated carbocycles. The maximum Gasteiger partial charge on any atom is 0.330 e. The minimum atomic E-state index is -0.816. The van der Waals surface area contributed by atoms with Crippen molar-refractivity contribution in [2.75, 3.05) is 6.61 Å². The van der Waals surface area contributed by atoms with Crippen molar-refractivity contribution < 1.29 is 14.9 Å². The van der Waals surface area contributed by atoms with Crippen LogP contribution >= 0.6 is 0 Å². The zero-order valence-electron chi connectivity index (χ0n) is 9.29. The van der Waals surface area contributed by atoms with Gasteiger partial charge >= 0.3 is 5.69 Å². The summed E-state index contributed by atoms with van der Waals surface area (Å²) in [6.45, 7) is 1.26. The van der Waals surface area contributed by atoms with Crippen molar-refractivity contribution in [2.24, 2.45) is 0 Å². The van der Waals surface area contributed by atoms with Crippen LogP contribution in [0.25, 0.3) is 0 Å². The molecule has 1 aliphatic heterocycles. The molecule has 7 nitrogen and oxygen atoms in total. The molecular weight excluding hydrogens is 227 g/mol. The molecule has 1 aromatic rings. The molecule has 1 aliphatic rings. The summed E-state index contributed by atoms with van der Waals surface area (Å²) in [5, 5.41) is 18.5. The number of hydrogen-bond acceptors (Lipinski definition) is 5. The molecule has 0 aliphatic carbocycles. The molecular formula is C10H14N2O5. The van der Waals surface area contributed by atoms with Gasteiger partial charge in [0.1, 0.15) is 12.3 Å². The number of nitrogens with one attached hydrogen (secondary N) is 1. The van der Waals surface area contributed by atoms with Crippen molar-refractivity contribution in [3.05, 3.63) is 32.6 Å². The number of aliphatic hydroxyl groups excluding tert-OH is 2. The molecule has 1 fully saturated rings. The third-order valence-corrected chi connectivity index (χ3v) is 2.84. The van der Waals surface area contributed by atoms with E-state index in [4.69, 9.17) is 9.84 Å². The van der Waals surface area contributed by atoms with Crippen LogP contribution in [0.1, 0.15) is 18.2 Å². The summed E-state index contributed by atoms with van der Waals surface area (Å²) in [7, 11) is 0. The van der Waals surface area contributed by atoms with Gasteiger partial charge in [0, 0.05) is 18.2 Å². The average molecular weight is 241 g/mol. The number of ether oxygens (including phenoxy) is 1. The standard InChI is InChI=1S/C10H14N2O5/c1-5-3-12(10(16)11-9(5)15)8-2-6(14)7(4-13)17-8/h3,6-8,13-14H,2,4H2,1H3,(H,11,15,16)/i10-1. The molecule has 3 atom stereocenters. The highest BCUT2D eigenvalue weighted by molar-refractivity contribution is 5.02. The van der Waals surface area contributed by atoms with Gasteiger partial charge in [0.15, 0.2) is 0 Å². The molecule has 1 aromatic heterocycles. The summed E-state index contributed by atoms with van der Waals surface area (Å²) >= 11 is 0. The largest absolute Gasteiger partial charge is 0.394 e. The Balaban J connectivity index is 2.34. The minimum Gasteiger partial charge on any atom is -0.394 e. The first-order valence-electron chi connectivity index (χ1n) is 5.29. The van der Waals surface area contributed by atoms with Gasteiger partial charge in [0.2, 0.25) is 0 Å². The van der Waals surface area contributed by atoms with Gasteiger partial charge in [-0.25, -0.2) is 4.79 Å². The third kappa shape index (κ3) is 2.17. The summed E-state index contributed by atoms with van der Waals surface area (Å²) in [5.74, 6) is 0. The van der Waals surface area contributed by atoms with Crippen molar-refractivity contribution in [1.29, 1.82) is 0 Å². The number of aromatic amines is 1. The fourth-order valence-electron chi connectivity index (χ4n) is 1.85. The first kappa shape index (κ1) is 12.0. The molecule has 0 aromatic carbocycles. The van der Waals surface area contributed by atoms with E-state index in [1.54, 1.807) is 6.92 Å². The smallest absolute Gasteiger partial charge is 0.330 e. The predicted octanol–water partition coefficient (Wildman–Crippen LogP) is -1.51. The molecule has 0 bridgehead atoms. The normalized spacial score (nSPS) is 28.5. The predicted molar refractivity (Wildman–Crippen MR) is 57.7 cm³/mol. The fourth-order valence-corrected chi connectivity index (χ4v) is 1.85. The van der Waals surface area contributed by atoms with Crippen LogP contribution in [0.3, 0.4) is 0 Å². The number of aromatic nitrogens is 2. The molecule has 7 heteroatoms. The zero-order valence-corrected chi connectivity index (χ0v) is 9.29. The van der Waals surface area contributed by atoms with Gasteiger partial charge in [-0.05, 0) is 6.92 Å². The fraction of sp³-hybridized carbons (Fsp3) is 0.600. The highest BCUT2D eigenvalue weighted by atomic mass is 16.5. The lowest BCUT2D eigenvalue weighted by atomic mass is 10.2. The lowest BCUT2D eigenvalue weighted by molar-refractivity contribution is -0.0459. The number of aryl methyl sites for hydroxylation is 1. The Hall–Kier alpha value is -1.44. The van der Waals surface area contributed by atoms with E-state index >= 15 is 0 Å². The first-order valence-corrected chi connectivity index (χ1v) is 5.29. The van der Waals surface area contributed by atoms with Crippen molar-refractivity contribution in [2.45, 2.75) is 31.8 Å². The Morgan fingerprint density at radius 1 is 1.59 bits per heavy atom. The SMILES string of the molecule is Cc1cn(C2CC(O)C(CO)O2)[11c](=O)[nH]c1=O. The molecule has 3 unspecified atom stereocenters. The summed E-state index contributed by atoms with van der Waals surface area (Å²) in [5.41, 5.74) is -0.643. The second kappa shape index (κ2) is 4.44. The van der Waals surface area contributed by atoms with Crippen molar-refractivity contribution in [1.82, 2.24) is 9.55 Å². The molecule has 0 amide bonds. The second-order valence-corrected chi connectivity index (χ2v) is 4.09. The van der Waals surface area contributed by atoms with E-state index in [1.807, 2.05) is 0 Å². The average Bonchev–Trinajstić information content (AvgIpc) is 2.65. The lowest BCUT2D eigenvalue weighted by Gasteiger charge is -2.14. The van der Waals surface area contributed by atoms with E-state index in [0.717, 1.165) is 0 Å². The highest BCUT2D eigenvalue weighted by Crippen LogP contribution is 2.27. The maximum absolute atomic E-state index is 11.6. The topological polar surface area (TPSA) is 105 Å². The quantitative estimate of drug-likeness (QED) is 0.583. The van der Waals surface area contributed by atoms with Crippen LogP contribution in [0.15, 0.2) is 15.8 Å². The molecule has 17 heavy (non-hydrogen) atoms. The van der Waals surface area contributed by atoms with Gasteiger partial charge in [-0.1, -0.05) is 0 Å². The van der Waals surface area contributed by atoms with Crippen LogP contribution in [0.4, 0.5) is 0 Å². The van der Waals surface area contributed by atoms with E-state index in [9.17, 15) is 14.7 Å². The van der Waals surface area contributed by atoms with Gasteiger partial charge in [0.05, 0.1) is 12.7 Å². The van der Waals surface area contributed by atoms with Crippen LogP contribution in [-0.2, 0) is 4.74 Å². The molecule has 0 radical (unpaired) electrons. The van der Waals surface area contributed by atoms with Crippen molar-refractivity contribution >= 4 is 0 Å². The summed E-state index contributed by atoms with van der Waals surface area (Å²) in [6.07, 6.45) is -0.581. The van der Waals surface area contributed by atoms with Gasteiger partial charge < -0.3 is 14.9 Å². The van der Waals surface area contributed by atoms with Crippen LogP contribution in [0.2, 0.25) is 0 Å². The molecule has 2 rings (SSSR count). The van der Waals surface area contributed by atoms with Gasteiger partial charge in [-0.3, -0.25) is 14.3 Å². The van der Waals surface area contributed by atoms with Crippen molar-refractivity contribution in [3.63, 3.8) is 0 Å². The Bertz CT molecular complexity index is 520. The lowest BCUT2D eigenvalue weighted by Crippen LogP contribution is -2.33. The van der Waals surface area contributed by atoms with E-state index in [1.165, 1.54) is 10.8 Å². The zero-order chi connectivity index (χ0) is 12.6. The Morgan fingerprint density at radius 3 is 2.88 bits per heavy atom.